The molecule has 0 aliphatic carbocycles. The molecule has 180 valence electrons. The molecule has 1 N–H and O–H groups in total. The zero-order chi connectivity index (χ0) is 24.9. The van der Waals surface area contributed by atoms with E-state index in [0.29, 0.717) is 27.8 Å². The predicted molar refractivity (Wildman–Crippen MR) is 136 cm³/mol. The van der Waals surface area contributed by atoms with Gasteiger partial charge < -0.3 is 14.6 Å². The number of aryl methyl sites for hydroxylation is 1. The van der Waals surface area contributed by atoms with Gasteiger partial charge >= 0.3 is 5.97 Å². The number of carbonyl (C=O) groups is 2. The van der Waals surface area contributed by atoms with Crippen LogP contribution in [0.25, 0.3) is 22.5 Å². The summed E-state index contributed by atoms with van der Waals surface area (Å²) in [6.45, 7) is 4.67. The van der Waals surface area contributed by atoms with Gasteiger partial charge in [-0.05, 0) is 31.5 Å². The Bertz CT molecular complexity index is 1350. The smallest absolute Gasteiger partial charge is 0.341 e. The molecule has 0 fully saturated rings. The van der Waals surface area contributed by atoms with Crippen LogP contribution in [0.2, 0.25) is 0 Å². The first kappa shape index (κ1) is 24.6. The van der Waals surface area contributed by atoms with Gasteiger partial charge in [0.25, 0.3) is 0 Å². The molecule has 2 aromatic heterocycles. The number of anilines is 1. The van der Waals surface area contributed by atoms with Gasteiger partial charge in [0, 0.05) is 23.1 Å². The molecule has 10 heteroatoms. The zero-order valence-corrected chi connectivity index (χ0v) is 21.0. The lowest BCUT2D eigenvalue weighted by atomic mass is 10.0. The second-order valence-corrected chi connectivity index (χ2v) is 9.43. The quantitative estimate of drug-likeness (QED) is 0.243. The van der Waals surface area contributed by atoms with Crippen molar-refractivity contribution < 1.29 is 18.7 Å². The van der Waals surface area contributed by atoms with Crippen molar-refractivity contribution in [2.24, 2.45) is 0 Å². The van der Waals surface area contributed by atoms with Crippen LogP contribution in [0.5, 0.6) is 0 Å². The van der Waals surface area contributed by atoms with Gasteiger partial charge in [-0.15, -0.1) is 21.5 Å². The Hall–Kier alpha value is -3.50. The average molecular weight is 511 g/mol. The molecule has 0 unspecified atom stereocenters. The lowest BCUT2D eigenvalue weighted by molar-refractivity contribution is -0.113. The normalized spacial score (nSPS) is 10.9. The van der Waals surface area contributed by atoms with Crippen molar-refractivity contribution in [3.8, 4) is 22.5 Å². The van der Waals surface area contributed by atoms with E-state index in [1.807, 2.05) is 42.7 Å². The number of aromatic nitrogens is 3. The highest BCUT2D eigenvalue weighted by Crippen LogP contribution is 2.36. The Labute approximate surface area is 210 Å². The standard InChI is InChI=1S/C25H23FN4O3S2/c1-4-30-22(17-7-5-15(2)6-8-17)28-29-25(30)35-14-20(31)27-23-21(24(32)33-3)19(13-34-23)16-9-11-18(26)12-10-16/h5-13H,4,14H2,1-3H3,(H,27,31). The topological polar surface area (TPSA) is 86.1 Å². The molecule has 0 saturated heterocycles. The molecule has 0 bridgehead atoms. The lowest BCUT2D eigenvalue weighted by Gasteiger charge is -2.09. The highest BCUT2D eigenvalue weighted by atomic mass is 32.2. The number of amides is 1. The van der Waals surface area contributed by atoms with E-state index >= 15 is 0 Å². The number of halogens is 1. The Morgan fingerprint density at radius 1 is 1.09 bits per heavy atom. The fraction of sp³-hybridized carbons (Fsp3) is 0.200. The van der Waals surface area contributed by atoms with Crippen LogP contribution >= 0.6 is 23.1 Å². The Kier molecular flexibility index (Phi) is 7.62. The molecule has 0 radical (unpaired) electrons. The number of thioether (sulfide) groups is 1. The van der Waals surface area contributed by atoms with E-state index in [1.54, 1.807) is 17.5 Å². The van der Waals surface area contributed by atoms with Crippen molar-refractivity contribution in [2.75, 3.05) is 18.2 Å². The maximum Gasteiger partial charge on any atom is 0.341 e. The maximum atomic E-state index is 13.3. The summed E-state index contributed by atoms with van der Waals surface area (Å²) in [5.41, 5.74) is 3.57. The minimum Gasteiger partial charge on any atom is -0.465 e. The minimum atomic E-state index is -0.581. The van der Waals surface area contributed by atoms with Crippen molar-refractivity contribution in [2.45, 2.75) is 25.5 Å². The summed E-state index contributed by atoms with van der Waals surface area (Å²) >= 11 is 2.48. The summed E-state index contributed by atoms with van der Waals surface area (Å²) in [5, 5.41) is 14.1. The van der Waals surface area contributed by atoms with Gasteiger partial charge in [-0.25, -0.2) is 9.18 Å². The first-order chi connectivity index (χ1) is 16.9. The molecule has 0 spiro atoms. The monoisotopic (exact) mass is 510 g/mol. The van der Waals surface area contributed by atoms with Crippen molar-refractivity contribution in [3.63, 3.8) is 0 Å². The molecule has 2 aromatic carbocycles. The molecule has 4 rings (SSSR count). The molecule has 2 heterocycles. The summed E-state index contributed by atoms with van der Waals surface area (Å²) in [7, 11) is 1.28. The third-order valence-corrected chi connectivity index (χ3v) is 7.13. The molecule has 0 atom stereocenters. The first-order valence-corrected chi connectivity index (χ1v) is 12.7. The Morgan fingerprint density at radius 3 is 2.43 bits per heavy atom. The van der Waals surface area contributed by atoms with Crippen LogP contribution in [0.1, 0.15) is 22.8 Å². The summed E-state index contributed by atoms with van der Waals surface area (Å²) in [6.07, 6.45) is 0. The minimum absolute atomic E-state index is 0.0798. The van der Waals surface area contributed by atoms with Crippen LogP contribution in [0.4, 0.5) is 9.39 Å². The van der Waals surface area contributed by atoms with Crippen LogP contribution in [0, 0.1) is 12.7 Å². The van der Waals surface area contributed by atoms with E-state index in [1.165, 1.54) is 42.3 Å². The molecule has 1 amide bonds. The van der Waals surface area contributed by atoms with Crippen LogP contribution in [0.3, 0.4) is 0 Å². The van der Waals surface area contributed by atoms with Gasteiger partial charge in [0.05, 0.1) is 12.9 Å². The molecule has 0 saturated carbocycles. The molecule has 35 heavy (non-hydrogen) atoms. The number of hydrogen-bond acceptors (Lipinski definition) is 7. The predicted octanol–water partition coefficient (Wildman–Crippen LogP) is 5.66. The van der Waals surface area contributed by atoms with Gasteiger partial charge in [0.2, 0.25) is 5.91 Å². The number of ether oxygens (including phenoxy) is 1. The number of esters is 1. The summed E-state index contributed by atoms with van der Waals surface area (Å²) in [6, 6.07) is 13.8. The molecular formula is C25H23FN4O3S2. The fourth-order valence-electron chi connectivity index (χ4n) is 3.49. The van der Waals surface area contributed by atoms with Crippen LogP contribution in [-0.4, -0.2) is 39.5 Å². The molecule has 4 aromatic rings. The highest BCUT2D eigenvalue weighted by molar-refractivity contribution is 7.99. The van der Waals surface area contributed by atoms with Crippen LogP contribution in [0.15, 0.2) is 59.1 Å². The van der Waals surface area contributed by atoms with Crippen LogP contribution < -0.4 is 5.32 Å². The SMILES string of the molecule is CCn1c(SCC(=O)Nc2scc(-c3ccc(F)cc3)c2C(=O)OC)nnc1-c1ccc(C)cc1. The average Bonchev–Trinajstić information content (AvgIpc) is 3.47. The van der Waals surface area contributed by atoms with Gasteiger partial charge in [-0.3, -0.25) is 4.79 Å². The largest absolute Gasteiger partial charge is 0.465 e. The Balaban J connectivity index is 1.50. The van der Waals surface area contributed by atoms with Crippen molar-refractivity contribution in [1.82, 2.24) is 14.8 Å². The number of thiophene rings is 1. The number of benzene rings is 2. The number of carbonyl (C=O) groups excluding carboxylic acids is 2. The summed E-state index contributed by atoms with van der Waals surface area (Å²) < 4.78 is 20.2. The Morgan fingerprint density at radius 2 is 1.77 bits per heavy atom. The van der Waals surface area contributed by atoms with Crippen molar-refractivity contribution in [3.05, 3.63) is 70.9 Å². The second kappa shape index (κ2) is 10.8. The lowest BCUT2D eigenvalue weighted by Crippen LogP contribution is -2.16. The van der Waals surface area contributed by atoms with E-state index in [9.17, 15) is 14.0 Å². The number of methoxy groups -OCH3 is 1. The van der Waals surface area contributed by atoms with E-state index < -0.39 is 5.97 Å². The highest BCUT2D eigenvalue weighted by Gasteiger charge is 2.23. The molecular weight excluding hydrogens is 487 g/mol. The van der Waals surface area contributed by atoms with Gasteiger partial charge in [-0.2, -0.15) is 0 Å². The zero-order valence-electron chi connectivity index (χ0n) is 19.4. The van der Waals surface area contributed by atoms with E-state index in [-0.39, 0.29) is 23.0 Å². The molecule has 0 aliphatic rings. The fourth-order valence-corrected chi connectivity index (χ4v) is 5.26. The van der Waals surface area contributed by atoms with Gasteiger partial charge in [0.1, 0.15) is 16.4 Å². The van der Waals surface area contributed by atoms with Crippen LogP contribution in [-0.2, 0) is 16.1 Å². The molecule has 0 aliphatic heterocycles. The van der Waals surface area contributed by atoms with Gasteiger partial charge in [0.15, 0.2) is 11.0 Å². The van der Waals surface area contributed by atoms with Crippen molar-refractivity contribution in [1.29, 1.82) is 0 Å². The van der Waals surface area contributed by atoms with Gasteiger partial charge in [-0.1, -0.05) is 53.7 Å². The third-order valence-electron chi connectivity index (χ3n) is 5.26. The number of hydrogen-bond donors (Lipinski definition) is 1. The van der Waals surface area contributed by atoms with E-state index in [4.69, 9.17) is 4.74 Å². The summed E-state index contributed by atoms with van der Waals surface area (Å²) in [4.78, 5) is 25.3. The first-order valence-electron chi connectivity index (χ1n) is 10.8. The number of nitrogens with zero attached hydrogens (tertiary/aromatic N) is 3. The molecule has 7 nitrogen and oxygen atoms in total. The van der Waals surface area contributed by atoms with E-state index in [2.05, 4.69) is 15.5 Å². The van der Waals surface area contributed by atoms with E-state index in [0.717, 1.165) is 17.0 Å². The third kappa shape index (κ3) is 5.44. The number of nitrogens with one attached hydrogen (secondary N) is 1. The van der Waals surface area contributed by atoms with Crippen molar-refractivity contribution >= 4 is 40.0 Å². The maximum absolute atomic E-state index is 13.3. The summed E-state index contributed by atoms with van der Waals surface area (Å²) in [5.74, 6) is -0.432. The second-order valence-electron chi connectivity index (χ2n) is 7.61. The number of rotatable bonds is 8.